The van der Waals surface area contributed by atoms with Crippen LogP contribution in [0.3, 0.4) is 0 Å². The van der Waals surface area contributed by atoms with Crippen LogP contribution in [-0.2, 0) is 6.18 Å². The maximum Gasteiger partial charge on any atom is 0.434 e. The van der Waals surface area contributed by atoms with Gasteiger partial charge >= 0.3 is 11.9 Å². The van der Waals surface area contributed by atoms with Crippen molar-refractivity contribution in [1.82, 2.24) is 9.97 Å². The maximum atomic E-state index is 12.7. The predicted molar refractivity (Wildman–Crippen MR) is 86.9 cm³/mol. The number of piperidine rings is 1. The number of hydrogen-bond acceptors (Lipinski definition) is 6. The molecule has 0 aromatic carbocycles. The molecule has 1 fully saturated rings. The Balaban J connectivity index is 1.86. The topological polar surface area (TPSA) is 72.2 Å². The van der Waals surface area contributed by atoms with E-state index in [0.29, 0.717) is 36.5 Å². The first-order valence-electron chi connectivity index (χ1n) is 7.65. The Hall–Kier alpha value is -2.23. The largest absolute Gasteiger partial charge is 0.434 e. The molecule has 1 unspecified atom stereocenters. The molecule has 0 spiro atoms. The van der Waals surface area contributed by atoms with E-state index < -0.39 is 16.8 Å². The van der Waals surface area contributed by atoms with E-state index in [-0.39, 0.29) is 17.4 Å². The van der Waals surface area contributed by atoms with Gasteiger partial charge in [0, 0.05) is 36.1 Å². The molecule has 134 valence electrons. The summed E-state index contributed by atoms with van der Waals surface area (Å²) in [7, 11) is 0. The van der Waals surface area contributed by atoms with Gasteiger partial charge in [-0.2, -0.15) is 13.2 Å². The second-order valence-electron chi connectivity index (χ2n) is 5.91. The van der Waals surface area contributed by atoms with Crippen LogP contribution in [0.4, 0.5) is 24.7 Å². The van der Waals surface area contributed by atoms with Gasteiger partial charge in [0.1, 0.15) is 0 Å². The SMILES string of the molecule is Cc1ccnc(N2CCCC(c3nc(C(F)(F)F)cs3)C2)c1[N+](=O)[O-]. The summed E-state index contributed by atoms with van der Waals surface area (Å²) in [5, 5.41) is 12.8. The number of pyridine rings is 1. The van der Waals surface area contributed by atoms with E-state index in [1.165, 1.54) is 6.20 Å². The van der Waals surface area contributed by atoms with Crippen LogP contribution in [0.1, 0.15) is 35.0 Å². The molecular formula is C15H15F3N4O2S. The molecule has 0 amide bonds. The third kappa shape index (κ3) is 3.58. The predicted octanol–water partition coefficient (Wildman–Crippen LogP) is 4.16. The van der Waals surface area contributed by atoms with Crippen molar-refractivity contribution < 1.29 is 18.1 Å². The number of aryl methyl sites for hydroxylation is 1. The fraction of sp³-hybridized carbons (Fsp3) is 0.467. The van der Waals surface area contributed by atoms with Crippen LogP contribution in [0.2, 0.25) is 0 Å². The van der Waals surface area contributed by atoms with E-state index >= 15 is 0 Å². The van der Waals surface area contributed by atoms with E-state index in [0.717, 1.165) is 16.7 Å². The molecule has 2 aromatic rings. The Morgan fingerprint density at radius 1 is 1.44 bits per heavy atom. The molecule has 0 N–H and O–H groups in total. The van der Waals surface area contributed by atoms with Crippen molar-refractivity contribution in [2.75, 3.05) is 18.0 Å². The first kappa shape index (κ1) is 17.6. The Morgan fingerprint density at radius 2 is 2.20 bits per heavy atom. The average Bonchev–Trinajstić information content (AvgIpc) is 3.04. The molecule has 10 heteroatoms. The van der Waals surface area contributed by atoms with Crippen molar-refractivity contribution in [3.8, 4) is 0 Å². The molecule has 25 heavy (non-hydrogen) atoms. The van der Waals surface area contributed by atoms with E-state index in [1.54, 1.807) is 17.9 Å². The summed E-state index contributed by atoms with van der Waals surface area (Å²) >= 11 is 0.982. The smallest absolute Gasteiger partial charge is 0.350 e. The number of nitrogens with zero attached hydrogens (tertiary/aromatic N) is 4. The van der Waals surface area contributed by atoms with Crippen molar-refractivity contribution >= 4 is 22.8 Å². The monoisotopic (exact) mass is 372 g/mol. The van der Waals surface area contributed by atoms with Crippen LogP contribution in [0.5, 0.6) is 0 Å². The normalized spacial score (nSPS) is 18.4. The van der Waals surface area contributed by atoms with Crippen molar-refractivity contribution in [2.45, 2.75) is 31.9 Å². The molecule has 0 radical (unpaired) electrons. The summed E-state index contributed by atoms with van der Waals surface area (Å²) in [6.07, 6.45) is -1.55. The first-order valence-corrected chi connectivity index (χ1v) is 8.53. The average molecular weight is 372 g/mol. The Bertz CT molecular complexity index is 793. The van der Waals surface area contributed by atoms with Gasteiger partial charge in [-0.15, -0.1) is 11.3 Å². The highest BCUT2D eigenvalue weighted by atomic mass is 32.1. The van der Waals surface area contributed by atoms with Gasteiger partial charge in [0.2, 0.25) is 5.82 Å². The number of thiazole rings is 1. The fourth-order valence-corrected chi connectivity index (χ4v) is 3.92. The minimum absolute atomic E-state index is 0.0572. The quantitative estimate of drug-likeness (QED) is 0.598. The number of rotatable bonds is 3. The lowest BCUT2D eigenvalue weighted by Gasteiger charge is -2.32. The van der Waals surface area contributed by atoms with Gasteiger partial charge < -0.3 is 4.90 Å². The molecule has 1 atom stereocenters. The zero-order valence-electron chi connectivity index (χ0n) is 13.3. The van der Waals surface area contributed by atoms with E-state index in [2.05, 4.69) is 9.97 Å². The lowest BCUT2D eigenvalue weighted by atomic mass is 9.98. The molecule has 1 aliphatic rings. The van der Waals surface area contributed by atoms with Gasteiger partial charge in [-0.3, -0.25) is 10.1 Å². The summed E-state index contributed by atoms with van der Waals surface area (Å²) in [6, 6.07) is 1.57. The minimum Gasteiger partial charge on any atom is -0.350 e. The number of hydrogen-bond donors (Lipinski definition) is 0. The Labute approximate surface area is 145 Å². The van der Waals surface area contributed by atoms with Crippen LogP contribution in [-0.4, -0.2) is 28.0 Å². The van der Waals surface area contributed by atoms with E-state index in [1.807, 2.05) is 0 Å². The van der Waals surface area contributed by atoms with E-state index in [4.69, 9.17) is 0 Å². The Morgan fingerprint density at radius 3 is 2.84 bits per heavy atom. The minimum atomic E-state index is -4.46. The van der Waals surface area contributed by atoms with Crippen LogP contribution in [0, 0.1) is 17.0 Å². The highest BCUT2D eigenvalue weighted by Gasteiger charge is 2.36. The number of aromatic nitrogens is 2. The molecule has 1 saturated heterocycles. The van der Waals surface area contributed by atoms with Crippen molar-refractivity contribution in [1.29, 1.82) is 0 Å². The van der Waals surface area contributed by atoms with Crippen molar-refractivity contribution in [3.63, 3.8) is 0 Å². The molecule has 3 heterocycles. The molecule has 0 bridgehead atoms. The first-order chi connectivity index (χ1) is 11.8. The van der Waals surface area contributed by atoms with Gasteiger partial charge in [0.25, 0.3) is 0 Å². The standard InChI is InChI=1S/C15H15F3N4O2S/c1-9-4-5-19-13(12(9)22(23)24)21-6-2-3-10(7-21)14-20-11(8-25-14)15(16,17)18/h4-5,8,10H,2-3,6-7H2,1H3. The third-order valence-corrected chi connectivity index (χ3v) is 5.18. The molecule has 1 aliphatic heterocycles. The van der Waals surface area contributed by atoms with Crippen LogP contribution in [0.25, 0.3) is 0 Å². The fourth-order valence-electron chi connectivity index (χ4n) is 2.97. The second kappa shape index (κ2) is 6.58. The summed E-state index contributed by atoms with van der Waals surface area (Å²) in [5.41, 5.74) is -0.437. The summed E-state index contributed by atoms with van der Waals surface area (Å²) in [4.78, 5) is 20.5. The summed E-state index contributed by atoms with van der Waals surface area (Å²) < 4.78 is 38.2. The summed E-state index contributed by atoms with van der Waals surface area (Å²) in [6.45, 7) is 2.58. The van der Waals surface area contributed by atoms with E-state index in [9.17, 15) is 23.3 Å². The van der Waals surface area contributed by atoms with Crippen molar-refractivity contribution in [3.05, 3.63) is 44.0 Å². The molecule has 0 aliphatic carbocycles. The lowest BCUT2D eigenvalue weighted by molar-refractivity contribution is -0.384. The molecule has 2 aromatic heterocycles. The lowest BCUT2D eigenvalue weighted by Crippen LogP contribution is -2.35. The highest BCUT2D eigenvalue weighted by molar-refractivity contribution is 7.09. The van der Waals surface area contributed by atoms with Gasteiger partial charge in [-0.1, -0.05) is 0 Å². The van der Waals surface area contributed by atoms with Gasteiger partial charge in [0.15, 0.2) is 5.69 Å². The van der Waals surface area contributed by atoms with Gasteiger partial charge in [-0.25, -0.2) is 9.97 Å². The van der Waals surface area contributed by atoms with Gasteiger partial charge in [-0.05, 0) is 25.8 Å². The molecular weight excluding hydrogens is 357 g/mol. The summed E-state index contributed by atoms with van der Waals surface area (Å²) in [5.74, 6) is 0.0686. The molecule has 3 rings (SSSR count). The number of anilines is 1. The molecule has 0 saturated carbocycles. The zero-order valence-corrected chi connectivity index (χ0v) is 14.1. The maximum absolute atomic E-state index is 12.7. The molecule has 6 nitrogen and oxygen atoms in total. The van der Waals surface area contributed by atoms with Crippen LogP contribution < -0.4 is 4.90 Å². The second-order valence-corrected chi connectivity index (χ2v) is 6.80. The Kier molecular flexibility index (Phi) is 4.63. The number of nitro groups is 1. The third-order valence-electron chi connectivity index (χ3n) is 4.17. The van der Waals surface area contributed by atoms with Crippen LogP contribution >= 0.6 is 11.3 Å². The zero-order chi connectivity index (χ0) is 18.2. The number of alkyl halides is 3. The van der Waals surface area contributed by atoms with Gasteiger partial charge in [0.05, 0.1) is 9.93 Å². The van der Waals surface area contributed by atoms with Crippen molar-refractivity contribution in [2.24, 2.45) is 0 Å². The highest BCUT2D eigenvalue weighted by Crippen LogP contribution is 2.37. The van der Waals surface area contributed by atoms with Crippen LogP contribution in [0.15, 0.2) is 17.6 Å². The number of halogens is 3.